The molecule has 0 saturated carbocycles. The maximum Gasteiger partial charge on any atom is 0.337 e. The second kappa shape index (κ2) is 6.32. The normalized spacial score (nSPS) is 12.7. The highest BCUT2D eigenvalue weighted by atomic mass is 16.4. The average molecular weight is 330 g/mol. The van der Waals surface area contributed by atoms with Gasteiger partial charge in [0, 0.05) is 24.5 Å². The zero-order valence-corrected chi connectivity index (χ0v) is 13.6. The minimum absolute atomic E-state index is 0.272. The van der Waals surface area contributed by atoms with E-state index in [1.54, 1.807) is 18.2 Å². The van der Waals surface area contributed by atoms with Gasteiger partial charge in [0.15, 0.2) is 0 Å². The summed E-state index contributed by atoms with van der Waals surface area (Å²) in [6, 6.07) is 23.5. The molecule has 0 atom stereocenters. The van der Waals surface area contributed by atoms with Crippen LogP contribution in [0.4, 0.5) is 17.1 Å². The molecule has 4 rings (SSSR count). The molecule has 0 radical (unpaired) electrons. The van der Waals surface area contributed by atoms with Crippen LogP contribution >= 0.6 is 0 Å². The Balaban J connectivity index is 1.57. The number of nitrogens with one attached hydrogen (secondary N) is 1. The Bertz CT molecular complexity index is 922. The van der Waals surface area contributed by atoms with Crippen molar-refractivity contribution in [2.45, 2.75) is 13.1 Å². The Kier molecular flexibility index (Phi) is 3.86. The fraction of sp³-hybridized carbons (Fsp3) is 0.0952. The van der Waals surface area contributed by atoms with Crippen molar-refractivity contribution in [3.05, 3.63) is 89.5 Å². The predicted octanol–water partition coefficient (Wildman–Crippen LogP) is 4.65. The van der Waals surface area contributed by atoms with E-state index in [1.807, 2.05) is 30.3 Å². The van der Waals surface area contributed by atoms with Crippen LogP contribution in [-0.4, -0.2) is 11.1 Å². The van der Waals surface area contributed by atoms with E-state index in [1.165, 1.54) is 16.8 Å². The van der Waals surface area contributed by atoms with E-state index in [-0.39, 0.29) is 5.56 Å². The molecule has 0 aliphatic carbocycles. The number of fused-ring (bicyclic) bond motifs is 1. The number of carboxylic acid groups (broad SMARTS) is 1. The molecule has 1 aliphatic heterocycles. The van der Waals surface area contributed by atoms with Gasteiger partial charge in [-0.3, -0.25) is 0 Å². The van der Waals surface area contributed by atoms with Crippen molar-refractivity contribution >= 4 is 23.0 Å². The van der Waals surface area contributed by atoms with Crippen molar-refractivity contribution in [1.29, 1.82) is 0 Å². The van der Waals surface area contributed by atoms with E-state index >= 15 is 0 Å². The summed E-state index contributed by atoms with van der Waals surface area (Å²) in [5.74, 6) is -0.931. The Morgan fingerprint density at radius 3 is 2.40 bits per heavy atom. The first-order valence-electron chi connectivity index (χ1n) is 8.22. The molecule has 0 spiro atoms. The third-order valence-corrected chi connectivity index (χ3v) is 4.49. The van der Waals surface area contributed by atoms with E-state index < -0.39 is 5.97 Å². The molecule has 0 fully saturated rings. The maximum atomic E-state index is 11.4. The van der Waals surface area contributed by atoms with Gasteiger partial charge in [-0.15, -0.1) is 0 Å². The number of benzene rings is 3. The first kappa shape index (κ1) is 15.3. The number of hydrogen-bond donors (Lipinski definition) is 2. The second-order valence-corrected chi connectivity index (χ2v) is 6.15. The van der Waals surface area contributed by atoms with Gasteiger partial charge in [0.25, 0.3) is 0 Å². The molecule has 4 heteroatoms. The minimum Gasteiger partial charge on any atom is -0.478 e. The summed E-state index contributed by atoms with van der Waals surface area (Å²) in [4.78, 5) is 13.7. The molecule has 0 aromatic heterocycles. The van der Waals surface area contributed by atoms with E-state index in [9.17, 15) is 9.90 Å². The molecule has 124 valence electrons. The number of carboxylic acids is 1. The summed E-state index contributed by atoms with van der Waals surface area (Å²) in [6.45, 7) is 1.75. The molecule has 3 aromatic carbocycles. The third kappa shape index (κ3) is 3.06. The van der Waals surface area contributed by atoms with Gasteiger partial charge in [-0.25, -0.2) is 4.79 Å². The first-order valence-corrected chi connectivity index (χ1v) is 8.22. The van der Waals surface area contributed by atoms with Gasteiger partial charge in [0.05, 0.1) is 11.3 Å². The van der Waals surface area contributed by atoms with Gasteiger partial charge >= 0.3 is 5.97 Å². The molecular formula is C21H18N2O2. The van der Waals surface area contributed by atoms with Crippen LogP contribution in [0, 0.1) is 0 Å². The van der Waals surface area contributed by atoms with Crippen LogP contribution in [0.25, 0.3) is 0 Å². The SMILES string of the molecule is O=C(O)c1ccccc1Nc1ccc2c(c1)CN(c1ccccc1)C2. The van der Waals surface area contributed by atoms with E-state index in [2.05, 4.69) is 34.5 Å². The number of aromatic carboxylic acids is 1. The van der Waals surface area contributed by atoms with Crippen molar-refractivity contribution in [1.82, 2.24) is 0 Å². The lowest BCUT2D eigenvalue weighted by molar-refractivity contribution is 0.0698. The highest BCUT2D eigenvalue weighted by Crippen LogP contribution is 2.31. The fourth-order valence-corrected chi connectivity index (χ4v) is 3.23. The van der Waals surface area contributed by atoms with E-state index in [0.29, 0.717) is 5.69 Å². The number of para-hydroxylation sites is 2. The van der Waals surface area contributed by atoms with Crippen LogP contribution in [0.1, 0.15) is 21.5 Å². The Hall–Kier alpha value is -3.27. The summed E-state index contributed by atoms with van der Waals surface area (Å²) in [5, 5.41) is 12.6. The van der Waals surface area contributed by atoms with Gasteiger partial charge in [-0.05, 0) is 47.5 Å². The molecule has 4 nitrogen and oxygen atoms in total. The quantitative estimate of drug-likeness (QED) is 0.731. The van der Waals surface area contributed by atoms with Gasteiger partial charge in [0.2, 0.25) is 0 Å². The number of anilines is 3. The molecule has 0 bridgehead atoms. The maximum absolute atomic E-state index is 11.4. The lowest BCUT2D eigenvalue weighted by Gasteiger charge is -2.17. The molecular weight excluding hydrogens is 312 g/mol. The van der Waals surface area contributed by atoms with Crippen molar-refractivity contribution in [2.24, 2.45) is 0 Å². The van der Waals surface area contributed by atoms with Crippen LogP contribution in [0.3, 0.4) is 0 Å². The molecule has 3 aromatic rings. The number of rotatable bonds is 4. The minimum atomic E-state index is -0.931. The largest absolute Gasteiger partial charge is 0.478 e. The summed E-state index contributed by atoms with van der Waals surface area (Å²) < 4.78 is 0. The van der Waals surface area contributed by atoms with Crippen molar-refractivity contribution in [2.75, 3.05) is 10.2 Å². The highest BCUT2D eigenvalue weighted by Gasteiger charge is 2.19. The number of nitrogens with zero attached hydrogens (tertiary/aromatic N) is 1. The summed E-state index contributed by atoms with van der Waals surface area (Å²) in [6.07, 6.45) is 0. The van der Waals surface area contributed by atoms with Gasteiger partial charge < -0.3 is 15.3 Å². The second-order valence-electron chi connectivity index (χ2n) is 6.15. The monoisotopic (exact) mass is 330 g/mol. The van der Waals surface area contributed by atoms with Crippen LogP contribution in [0.5, 0.6) is 0 Å². The van der Waals surface area contributed by atoms with Gasteiger partial charge in [-0.1, -0.05) is 36.4 Å². The van der Waals surface area contributed by atoms with E-state index in [0.717, 1.165) is 18.8 Å². The molecule has 0 unspecified atom stereocenters. The zero-order chi connectivity index (χ0) is 17.2. The zero-order valence-electron chi connectivity index (χ0n) is 13.6. The summed E-state index contributed by atoms with van der Waals surface area (Å²) in [7, 11) is 0. The van der Waals surface area contributed by atoms with Crippen LogP contribution in [-0.2, 0) is 13.1 Å². The van der Waals surface area contributed by atoms with Crippen molar-refractivity contribution < 1.29 is 9.90 Å². The van der Waals surface area contributed by atoms with E-state index in [4.69, 9.17) is 0 Å². The van der Waals surface area contributed by atoms with Crippen LogP contribution < -0.4 is 10.2 Å². The Morgan fingerprint density at radius 2 is 1.60 bits per heavy atom. The Labute approximate surface area is 146 Å². The lowest BCUT2D eigenvalue weighted by atomic mass is 10.1. The Morgan fingerprint density at radius 1 is 0.880 bits per heavy atom. The lowest BCUT2D eigenvalue weighted by Crippen LogP contribution is -2.13. The topological polar surface area (TPSA) is 52.6 Å². The molecule has 0 saturated heterocycles. The molecule has 2 N–H and O–H groups in total. The molecule has 0 amide bonds. The predicted molar refractivity (Wildman–Crippen MR) is 99.5 cm³/mol. The fourth-order valence-electron chi connectivity index (χ4n) is 3.23. The summed E-state index contributed by atoms with van der Waals surface area (Å²) >= 11 is 0. The number of carbonyl (C=O) groups is 1. The molecule has 25 heavy (non-hydrogen) atoms. The van der Waals surface area contributed by atoms with Crippen molar-refractivity contribution in [3.63, 3.8) is 0 Å². The standard InChI is InChI=1S/C21H18N2O2/c24-21(25)19-8-4-5-9-20(19)22-17-11-10-15-13-23(14-16(15)12-17)18-6-2-1-3-7-18/h1-12,22H,13-14H2,(H,24,25). The molecule has 1 aliphatic rings. The summed E-state index contributed by atoms with van der Waals surface area (Å²) in [5.41, 5.74) is 5.57. The first-order chi connectivity index (χ1) is 12.2. The third-order valence-electron chi connectivity index (χ3n) is 4.49. The average Bonchev–Trinajstić information content (AvgIpc) is 3.06. The van der Waals surface area contributed by atoms with Crippen LogP contribution in [0.2, 0.25) is 0 Å². The highest BCUT2D eigenvalue weighted by molar-refractivity contribution is 5.95. The van der Waals surface area contributed by atoms with Gasteiger partial charge in [0.1, 0.15) is 0 Å². The van der Waals surface area contributed by atoms with Crippen LogP contribution in [0.15, 0.2) is 72.8 Å². The smallest absolute Gasteiger partial charge is 0.337 e. The van der Waals surface area contributed by atoms with Crippen molar-refractivity contribution in [3.8, 4) is 0 Å². The van der Waals surface area contributed by atoms with Gasteiger partial charge in [-0.2, -0.15) is 0 Å². The molecule has 1 heterocycles. The number of hydrogen-bond acceptors (Lipinski definition) is 3.